The summed E-state index contributed by atoms with van der Waals surface area (Å²) in [4.78, 5) is 13.7. The highest BCUT2D eigenvalue weighted by molar-refractivity contribution is 5.98. The van der Waals surface area contributed by atoms with Gasteiger partial charge in [-0.25, -0.2) is 4.39 Å². The number of likely N-dealkylation sites (tertiary alicyclic amines) is 1. The number of hydrogen-bond acceptors (Lipinski definition) is 3. The normalized spacial score (nSPS) is 27.9. The highest BCUT2D eigenvalue weighted by atomic mass is 19.1. The van der Waals surface area contributed by atoms with Crippen LogP contribution in [0.25, 0.3) is 0 Å². The quantitative estimate of drug-likeness (QED) is 0.586. The first-order valence-electron chi connectivity index (χ1n) is 6.24. The molecule has 1 fully saturated rings. The summed E-state index contributed by atoms with van der Waals surface area (Å²) >= 11 is 0. The minimum atomic E-state index is -0.990. The molecule has 0 spiro atoms. The molecule has 3 N–H and O–H groups in total. The number of rotatable bonds is 1. The van der Waals surface area contributed by atoms with Crippen LogP contribution in [-0.2, 0) is 11.2 Å². The molecule has 2 atom stereocenters. The average Bonchev–Trinajstić information content (AvgIpc) is 2.74. The van der Waals surface area contributed by atoms with Crippen LogP contribution in [-0.4, -0.2) is 29.7 Å². The van der Waals surface area contributed by atoms with Crippen molar-refractivity contribution in [3.63, 3.8) is 0 Å². The summed E-state index contributed by atoms with van der Waals surface area (Å²) in [6.45, 7) is 0.656. The molecule has 3 rings (SSSR count). The van der Waals surface area contributed by atoms with Gasteiger partial charge in [-0.1, -0.05) is 6.07 Å². The predicted octanol–water partition coefficient (Wildman–Crippen LogP) is 1.52. The van der Waals surface area contributed by atoms with Crippen molar-refractivity contribution in [2.24, 2.45) is 0 Å². The maximum absolute atomic E-state index is 13.7. The van der Waals surface area contributed by atoms with Crippen LogP contribution < -0.4 is 11.1 Å². The molecule has 18 heavy (non-hydrogen) atoms. The van der Waals surface area contributed by atoms with Gasteiger partial charge in [0.2, 0.25) is 5.91 Å². The first kappa shape index (κ1) is 11.5. The van der Waals surface area contributed by atoms with Crippen LogP contribution in [0.3, 0.4) is 0 Å². The van der Waals surface area contributed by atoms with E-state index in [-0.39, 0.29) is 5.91 Å². The third kappa shape index (κ3) is 1.84. The summed E-state index contributed by atoms with van der Waals surface area (Å²) < 4.78 is 13.7. The number of nitrogen functional groups attached to an aromatic ring is 1. The average molecular weight is 249 g/mol. The number of alkyl halides is 1. The van der Waals surface area contributed by atoms with E-state index in [9.17, 15) is 9.18 Å². The number of nitrogens with two attached hydrogens (primary N) is 1. The van der Waals surface area contributed by atoms with E-state index in [1.54, 1.807) is 11.0 Å². The van der Waals surface area contributed by atoms with E-state index in [0.717, 1.165) is 17.7 Å². The van der Waals surface area contributed by atoms with Gasteiger partial charge in [-0.05, 0) is 37.0 Å². The molecule has 2 heterocycles. The van der Waals surface area contributed by atoms with Crippen molar-refractivity contribution in [3.8, 4) is 0 Å². The molecular formula is C13H16FN3O. The van der Waals surface area contributed by atoms with Crippen molar-refractivity contribution in [2.45, 2.75) is 31.6 Å². The molecule has 4 nitrogen and oxygen atoms in total. The molecule has 1 unspecified atom stereocenters. The molecule has 2 aliphatic rings. The van der Waals surface area contributed by atoms with Crippen LogP contribution in [0.2, 0.25) is 0 Å². The molecular weight excluding hydrogens is 233 g/mol. The molecule has 1 amide bonds. The van der Waals surface area contributed by atoms with Crippen LogP contribution in [0.1, 0.15) is 18.4 Å². The van der Waals surface area contributed by atoms with E-state index >= 15 is 0 Å². The Bertz CT molecular complexity index is 491. The SMILES string of the molecule is Nc1ccc2c(c1)NC(=O)C(N1CCC[C@@H]1F)C2. The summed E-state index contributed by atoms with van der Waals surface area (Å²) in [5.41, 5.74) is 8.08. The first-order chi connectivity index (χ1) is 8.65. The van der Waals surface area contributed by atoms with Crippen LogP contribution in [0.15, 0.2) is 18.2 Å². The van der Waals surface area contributed by atoms with Crippen molar-refractivity contribution in [2.75, 3.05) is 17.6 Å². The van der Waals surface area contributed by atoms with Crippen LogP contribution in [0.4, 0.5) is 15.8 Å². The first-order valence-corrected chi connectivity index (χ1v) is 6.24. The van der Waals surface area contributed by atoms with Gasteiger partial charge >= 0.3 is 0 Å². The number of hydrogen-bond donors (Lipinski definition) is 2. The third-order valence-corrected chi connectivity index (χ3v) is 3.73. The van der Waals surface area contributed by atoms with Gasteiger partial charge < -0.3 is 11.1 Å². The Hall–Kier alpha value is -1.62. The molecule has 96 valence electrons. The summed E-state index contributed by atoms with van der Waals surface area (Å²) in [5, 5.41) is 2.82. The zero-order valence-electron chi connectivity index (χ0n) is 10.0. The lowest BCUT2D eigenvalue weighted by atomic mass is 9.97. The largest absolute Gasteiger partial charge is 0.399 e. The Balaban J connectivity index is 1.87. The van der Waals surface area contributed by atoms with Crippen molar-refractivity contribution >= 4 is 17.3 Å². The van der Waals surface area contributed by atoms with Crippen molar-refractivity contribution in [1.82, 2.24) is 4.90 Å². The Morgan fingerprint density at radius 3 is 3.00 bits per heavy atom. The van der Waals surface area contributed by atoms with Crippen LogP contribution in [0.5, 0.6) is 0 Å². The maximum atomic E-state index is 13.7. The number of carbonyl (C=O) groups is 1. The molecule has 1 aromatic carbocycles. The van der Waals surface area contributed by atoms with E-state index in [1.807, 2.05) is 12.1 Å². The molecule has 1 saturated heterocycles. The van der Waals surface area contributed by atoms with Gasteiger partial charge in [-0.2, -0.15) is 0 Å². The van der Waals surface area contributed by atoms with E-state index in [0.29, 0.717) is 25.1 Å². The standard InChI is InChI=1S/C13H16FN3O/c14-12-2-1-5-17(12)11-6-8-3-4-9(15)7-10(8)16-13(11)18/h3-4,7,11-12H,1-2,5-6,15H2,(H,16,18)/t11?,12-/m1/s1. The summed E-state index contributed by atoms with van der Waals surface area (Å²) in [5.74, 6) is -0.127. The summed E-state index contributed by atoms with van der Waals surface area (Å²) in [6.07, 6.45) is 0.913. The molecule has 0 aromatic heterocycles. The highest BCUT2D eigenvalue weighted by Crippen LogP contribution is 2.30. The van der Waals surface area contributed by atoms with Gasteiger partial charge in [0, 0.05) is 17.9 Å². The number of carbonyl (C=O) groups excluding carboxylic acids is 1. The zero-order chi connectivity index (χ0) is 12.7. The van der Waals surface area contributed by atoms with Gasteiger partial charge in [-0.3, -0.25) is 9.69 Å². The summed E-state index contributed by atoms with van der Waals surface area (Å²) in [7, 11) is 0. The summed E-state index contributed by atoms with van der Waals surface area (Å²) in [6, 6.07) is 5.07. The highest BCUT2D eigenvalue weighted by Gasteiger charge is 2.37. The Morgan fingerprint density at radius 2 is 2.28 bits per heavy atom. The van der Waals surface area contributed by atoms with Crippen molar-refractivity contribution < 1.29 is 9.18 Å². The van der Waals surface area contributed by atoms with Gasteiger partial charge in [0.05, 0.1) is 6.04 Å². The number of fused-ring (bicyclic) bond motifs is 1. The number of nitrogens with one attached hydrogen (secondary N) is 1. The predicted molar refractivity (Wildman–Crippen MR) is 67.8 cm³/mol. The lowest BCUT2D eigenvalue weighted by Gasteiger charge is -2.32. The molecule has 0 saturated carbocycles. The third-order valence-electron chi connectivity index (χ3n) is 3.73. The molecule has 1 aromatic rings. The maximum Gasteiger partial charge on any atom is 0.242 e. The fourth-order valence-corrected chi connectivity index (χ4v) is 2.77. The molecule has 2 aliphatic heterocycles. The van der Waals surface area contributed by atoms with E-state index in [2.05, 4.69) is 5.32 Å². The van der Waals surface area contributed by atoms with E-state index in [1.165, 1.54) is 0 Å². The molecule has 0 bridgehead atoms. The minimum absolute atomic E-state index is 0.127. The second-order valence-electron chi connectivity index (χ2n) is 4.94. The molecule has 0 aliphatic carbocycles. The lowest BCUT2D eigenvalue weighted by Crippen LogP contribution is -2.48. The Labute approximate surface area is 105 Å². The van der Waals surface area contributed by atoms with E-state index < -0.39 is 12.3 Å². The van der Waals surface area contributed by atoms with Crippen molar-refractivity contribution in [1.29, 1.82) is 0 Å². The number of anilines is 2. The van der Waals surface area contributed by atoms with Crippen molar-refractivity contribution in [3.05, 3.63) is 23.8 Å². The monoisotopic (exact) mass is 249 g/mol. The fraction of sp³-hybridized carbons (Fsp3) is 0.462. The van der Waals surface area contributed by atoms with E-state index in [4.69, 9.17) is 5.73 Å². The minimum Gasteiger partial charge on any atom is -0.399 e. The van der Waals surface area contributed by atoms with Gasteiger partial charge in [-0.15, -0.1) is 0 Å². The fourth-order valence-electron chi connectivity index (χ4n) is 2.77. The van der Waals surface area contributed by atoms with Crippen LogP contribution >= 0.6 is 0 Å². The molecule has 0 radical (unpaired) electrons. The Kier molecular flexibility index (Phi) is 2.70. The van der Waals surface area contributed by atoms with Gasteiger partial charge in [0.15, 0.2) is 6.30 Å². The second kappa shape index (κ2) is 4.24. The van der Waals surface area contributed by atoms with Crippen LogP contribution in [0, 0.1) is 0 Å². The smallest absolute Gasteiger partial charge is 0.242 e. The number of benzene rings is 1. The number of amides is 1. The van der Waals surface area contributed by atoms with Gasteiger partial charge in [0.1, 0.15) is 0 Å². The number of nitrogens with zero attached hydrogens (tertiary/aromatic N) is 1. The zero-order valence-corrected chi connectivity index (χ0v) is 10.0. The second-order valence-corrected chi connectivity index (χ2v) is 4.94. The van der Waals surface area contributed by atoms with Gasteiger partial charge in [0.25, 0.3) is 0 Å². The Morgan fingerprint density at radius 1 is 1.44 bits per heavy atom. The topological polar surface area (TPSA) is 58.4 Å². The lowest BCUT2D eigenvalue weighted by molar-refractivity contribution is -0.123. The molecule has 5 heteroatoms. The number of halogens is 1.